The molecule has 0 saturated carbocycles. The monoisotopic (exact) mass is 317 g/mol. The Kier molecular flexibility index (Phi) is 5.01. The molecule has 0 amide bonds. The Labute approximate surface area is 125 Å². The molecule has 0 spiro atoms. The Morgan fingerprint density at radius 1 is 1.45 bits per heavy atom. The van der Waals surface area contributed by atoms with Crippen LogP contribution in [0.2, 0.25) is 5.15 Å². The molecule has 2 heterocycles. The Balaban J connectivity index is 2.16. The zero-order chi connectivity index (χ0) is 14.8. The molecule has 0 N–H and O–H groups in total. The van der Waals surface area contributed by atoms with Gasteiger partial charge in [0.25, 0.3) is 0 Å². The number of pyridine rings is 1. The van der Waals surface area contributed by atoms with E-state index in [0.29, 0.717) is 19.1 Å². The summed E-state index contributed by atoms with van der Waals surface area (Å²) in [6, 6.07) is 3.20. The quantitative estimate of drug-likeness (QED) is 0.778. The minimum Gasteiger partial charge on any atom is -0.300 e. The molecule has 2 rings (SSSR count). The summed E-state index contributed by atoms with van der Waals surface area (Å²) in [7, 11) is -3.46. The molecule has 5 nitrogen and oxygen atoms in total. The van der Waals surface area contributed by atoms with Crippen molar-refractivity contribution in [1.82, 2.24) is 14.2 Å². The number of likely N-dealkylation sites (N-methyl/N-ethyl adjacent to an activating group) is 1. The van der Waals surface area contributed by atoms with E-state index in [1.807, 2.05) is 0 Å². The fourth-order valence-corrected chi connectivity index (χ4v) is 4.41. The predicted octanol–water partition coefficient (Wildman–Crippen LogP) is 1.84. The third-order valence-electron chi connectivity index (χ3n) is 3.79. The molecule has 0 aromatic carbocycles. The number of hydrogen-bond acceptors (Lipinski definition) is 4. The number of rotatable bonds is 5. The van der Waals surface area contributed by atoms with Crippen LogP contribution in [0.25, 0.3) is 0 Å². The van der Waals surface area contributed by atoms with Crippen molar-refractivity contribution < 1.29 is 8.42 Å². The topological polar surface area (TPSA) is 53.5 Å². The van der Waals surface area contributed by atoms with Gasteiger partial charge in [0.05, 0.1) is 4.90 Å². The molecule has 20 heavy (non-hydrogen) atoms. The lowest BCUT2D eigenvalue weighted by atomic mass is 10.2. The van der Waals surface area contributed by atoms with Gasteiger partial charge in [0.1, 0.15) is 5.15 Å². The molecule has 7 heteroatoms. The van der Waals surface area contributed by atoms with Gasteiger partial charge in [-0.3, -0.25) is 4.90 Å². The summed E-state index contributed by atoms with van der Waals surface area (Å²) >= 11 is 5.78. The zero-order valence-corrected chi connectivity index (χ0v) is 13.4. The molecule has 112 valence electrons. The molecule has 0 bridgehead atoms. The van der Waals surface area contributed by atoms with E-state index in [2.05, 4.69) is 23.7 Å². The van der Waals surface area contributed by atoms with E-state index >= 15 is 0 Å². The van der Waals surface area contributed by atoms with Crippen LogP contribution in [0.3, 0.4) is 0 Å². The van der Waals surface area contributed by atoms with Gasteiger partial charge in [-0.2, -0.15) is 4.31 Å². The molecule has 0 radical (unpaired) electrons. The predicted molar refractivity (Wildman–Crippen MR) is 79.3 cm³/mol. The van der Waals surface area contributed by atoms with Crippen molar-refractivity contribution in [2.24, 2.45) is 0 Å². The second-order valence-electron chi connectivity index (χ2n) is 4.84. The SMILES string of the molecule is CCN(CC)C1CCN(S(=O)(=O)c2ccnc(Cl)c2)C1. The van der Waals surface area contributed by atoms with Crippen LogP contribution in [0, 0.1) is 0 Å². The van der Waals surface area contributed by atoms with Crippen molar-refractivity contribution in [1.29, 1.82) is 0 Å². The van der Waals surface area contributed by atoms with Gasteiger partial charge in [0, 0.05) is 25.3 Å². The number of halogens is 1. The molecule has 0 aliphatic carbocycles. The number of nitrogens with zero attached hydrogens (tertiary/aromatic N) is 3. The van der Waals surface area contributed by atoms with Gasteiger partial charge in [0.2, 0.25) is 10.0 Å². The van der Waals surface area contributed by atoms with E-state index < -0.39 is 10.0 Å². The Hall–Kier alpha value is -0.690. The van der Waals surface area contributed by atoms with Gasteiger partial charge in [-0.15, -0.1) is 0 Å². The maximum Gasteiger partial charge on any atom is 0.243 e. The van der Waals surface area contributed by atoms with E-state index in [9.17, 15) is 8.42 Å². The summed E-state index contributed by atoms with van der Waals surface area (Å²) in [5, 5.41) is 0.200. The first-order valence-electron chi connectivity index (χ1n) is 6.84. The second kappa shape index (κ2) is 6.39. The van der Waals surface area contributed by atoms with Crippen LogP contribution >= 0.6 is 11.6 Å². The smallest absolute Gasteiger partial charge is 0.243 e. The molecule has 1 fully saturated rings. The highest BCUT2D eigenvalue weighted by molar-refractivity contribution is 7.89. The molecule has 1 aromatic rings. The lowest BCUT2D eigenvalue weighted by molar-refractivity contribution is 0.224. The van der Waals surface area contributed by atoms with Crippen LogP contribution in [0.1, 0.15) is 20.3 Å². The molecule has 1 unspecified atom stereocenters. The molecule has 1 saturated heterocycles. The summed E-state index contributed by atoms with van der Waals surface area (Å²) in [4.78, 5) is 6.34. The van der Waals surface area contributed by atoms with E-state index in [-0.39, 0.29) is 10.0 Å². The van der Waals surface area contributed by atoms with Crippen molar-refractivity contribution in [2.75, 3.05) is 26.2 Å². The van der Waals surface area contributed by atoms with E-state index in [1.54, 1.807) is 4.31 Å². The summed E-state index contributed by atoms with van der Waals surface area (Å²) in [5.74, 6) is 0. The lowest BCUT2D eigenvalue weighted by Crippen LogP contribution is -2.38. The summed E-state index contributed by atoms with van der Waals surface area (Å²) in [6.07, 6.45) is 2.30. The number of sulfonamides is 1. The maximum atomic E-state index is 12.6. The highest BCUT2D eigenvalue weighted by atomic mass is 35.5. The number of aromatic nitrogens is 1. The molecule has 1 aromatic heterocycles. The van der Waals surface area contributed by atoms with E-state index in [4.69, 9.17) is 11.6 Å². The summed E-state index contributed by atoms with van der Waals surface area (Å²) in [6.45, 7) is 7.19. The van der Waals surface area contributed by atoms with E-state index in [1.165, 1.54) is 18.3 Å². The Morgan fingerprint density at radius 2 is 2.15 bits per heavy atom. The average Bonchev–Trinajstić information content (AvgIpc) is 2.90. The van der Waals surface area contributed by atoms with Crippen LogP contribution in [0.4, 0.5) is 0 Å². The minimum absolute atomic E-state index is 0.200. The average molecular weight is 318 g/mol. The highest BCUT2D eigenvalue weighted by Crippen LogP contribution is 2.24. The van der Waals surface area contributed by atoms with Crippen molar-refractivity contribution in [3.8, 4) is 0 Å². The fourth-order valence-electron chi connectivity index (χ4n) is 2.66. The molecule has 1 atom stereocenters. The first-order valence-corrected chi connectivity index (χ1v) is 8.66. The van der Waals surface area contributed by atoms with Crippen LogP contribution in [-0.4, -0.2) is 54.8 Å². The third-order valence-corrected chi connectivity index (χ3v) is 5.86. The van der Waals surface area contributed by atoms with Gasteiger partial charge < -0.3 is 0 Å². The van der Waals surface area contributed by atoms with Gasteiger partial charge in [-0.1, -0.05) is 25.4 Å². The molecular weight excluding hydrogens is 298 g/mol. The molecule has 1 aliphatic rings. The van der Waals surface area contributed by atoms with Crippen LogP contribution in [0.5, 0.6) is 0 Å². The number of hydrogen-bond donors (Lipinski definition) is 0. The standard InChI is InChI=1S/C13H20ClN3O2S/c1-3-16(4-2)11-6-8-17(10-11)20(18,19)12-5-7-15-13(14)9-12/h5,7,9,11H,3-4,6,8,10H2,1-2H3. The lowest BCUT2D eigenvalue weighted by Gasteiger charge is -2.26. The molecular formula is C13H20ClN3O2S. The first kappa shape index (κ1) is 15.7. The third kappa shape index (κ3) is 3.14. The molecule has 1 aliphatic heterocycles. The normalized spacial score (nSPS) is 20.7. The van der Waals surface area contributed by atoms with Crippen molar-refractivity contribution in [3.63, 3.8) is 0 Å². The van der Waals surface area contributed by atoms with Gasteiger partial charge in [-0.25, -0.2) is 13.4 Å². The van der Waals surface area contributed by atoms with Crippen LogP contribution in [0.15, 0.2) is 23.2 Å². The largest absolute Gasteiger partial charge is 0.300 e. The Morgan fingerprint density at radius 3 is 2.75 bits per heavy atom. The van der Waals surface area contributed by atoms with Gasteiger partial charge in [-0.05, 0) is 31.6 Å². The highest BCUT2D eigenvalue weighted by Gasteiger charge is 2.34. The van der Waals surface area contributed by atoms with Crippen molar-refractivity contribution >= 4 is 21.6 Å². The summed E-state index contributed by atoms with van der Waals surface area (Å²) < 4.78 is 26.6. The first-order chi connectivity index (χ1) is 9.48. The van der Waals surface area contributed by atoms with Crippen molar-refractivity contribution in [3.05, 3.63) is 23.5 Å². The maximum absolute atomic E-state index is 12.6. The second-order valence-corrected chi connectivity index (χ2v) is 7.17. The Bertz CT molecular complexity index is 560. The van der Waals surface area contributed by atoms with E-state index in [0.717, 1.165) is 19.5 Å². The van der Waals surface area contributed by atoms with Crippen LogP contribution in [-0.2, 0) is 10.0 Å². The van der Waals surface area contributed by atoms with Gasteiger partial charge in [0.15, 0.2) is 0 Å². The van der Waals surface area contributed by atoms with Gasteiger partial charge >= 0.3 is 0 Å². The van der Waals surface area contributed by atoms with Crippen molar-refractivity contribution in [2.45, 2.75) is 31.2 Å². The van der Waals surface area contributed by atoms with Crippen LogP contribution < -0.4 is 0 Å². The summed E-state index contributed by atoms with van der Waals surface area (Å²) in [5.41, 5.74) is 0. The minimum atomic E-state index is -3.46. The fraction of sp³-hybridized carbons (Fsp3) is 0.615. The zero-order valence-electron chi connectivity index (χ0n) is 11.8.